The topological polar surface area (TPSA) is 67.2 Å². The molecule has 164 valence electrons. The number of rotatable bonds is 4. The molecule has 3 aromatic rings. The normalized spacial score (nSPS) is 18.0. The van der Waals surface area contributed by atoms with Gasteiger partial charge in [-0.15, -0.1) is 0 Å². The third-order valence-corrected chi connectivity index (χ3v) is 6.14. The molecule has 0 radical (unpaired) electrons. The summed E-state index contributed by atoms with van der Waals surface area (Å²) in [5, 5.41) is 7.37. The largest absolute Gasteiger partial charge is 0.345 e. The number of nitrogens with zero attached hydrogens (tertiary/aromatic N) is 3. The van der Waals surface area contributed by atoms with Crippen molar-refractivity contribution in [3.8, 4) is 5.69 Å². The second-order valence-corrected chi connectivity index (χ2v) is 8.17. The summed E-state index contributed by atoms with van der Waals surface area (Å²) in [6.07, 6.45) is 5.29. The molecule has 2 amide bonds. The minimum atomic E-state index is -0.682. The van der Waals surface area contributed by atoms with Gasteiger partial charge in [-0.3, -0.25) is 9.59 Å². The standard InChI is InChI=1S/C24H22F2N4O2/c25-16-8-11-22(19(26)13-16)30-21-4-1-3-20(18(21)14-27-30)28-24(32)15-6-9-17(10-7-15)29-12-2-5-23(29)31/h6-11,13-14,20H,1-5,12H2,(H,28,32). The highest BCUT2D eigenvalue weighted by Crippen LogP contribution is 2.32. The molecule has 1 aliphatic heterocycles. The zero-order valence-electron chi connectivity index (χ0n) is 17.4. The van der Waals surface area contributed by atoms with Crippen LogP contribution < -0.4 is 10.2 Å². The Morgan fingerprint density at radius 3 is 2.59 bits per heavy atom. The van der Waals surface area contributed by atoms with Gasteiger partial charge in [0.05, 0.1) is 12.2 Å². The fourth-order valence-corrected chi connectivity index (χ4v) is 4.52. The van der Waals surface area contributed by atoms with Gasteiger partial charge in [0.1, 0.15) is 11.5 Å². The van der Waals surface area contributed by atoms with Gasteiger partial charge in [0.2, 0.25) is 5.91 Å². The van der Waals surface area contributed by atoms with Gasteiger partial charge >= 0.3 is 0 Å². The minimum Gasteiger partial charge on any atom is -0.345 e. The van der Waals surface area contributed by atoms with Crippen LogP contribution in [0.3, 0.4) is 0 Å². The highest BCUT2D eigenvalue weighted by atomic mass is 19.1. The molecule has 6 nitrogen and oxygen atoms in total. The molecular formula is C24H22F2N4O2. The molecule has 1 fully saturated rings. The lowest BCUT2D eigenvalue weighted by atomic mass is 9.92. The zero-order valence-corrected chi connectivity index (χ0v) is 17.4. The van der Waals surface area contributed by atoms with Crippen LogP contribution in [0.4, 0.5) is 14.5 Å². The summed E-state index contributed by atoms with van der Waals surface area (Å²) in [5.74, 6) is -1.44. The Hall–Kier alpha value is -3.55. The highest BCUT2D eigenvalue weighted by Gasteiger charge is 2.27. The van der Waals surface area contributed by atoms with Crippen LogP contribution >= 0.6 is 0 Å². The number of nitrogens with one attached hydrogen (secondary N) is 1. The van der Waals surface area contributed by atoms with E-state index in [4.69, 9.17) is 0 Å². The number of fused-ring (bicyclic) bond motifs is 1. The highest BCUT2D eigenvalue weighted by molar-refractivity contribution is 5.97. The maximum Gasteiger partial charge on any atom is 0.251 e. The van der Waals surface area contributed by atoms with Crippen LogP contribution in [0.2, 0.25) is 0 Å². The molecule has 0 spiro atoms. The second-order valence-electron chi connectivity index (χ2n) is 8.17. The van der Waals surface area contributed by atoms with E-state index in [9.17, 15) is 18.4 Å². The Bertz CT molecular complexity index is 1190. The van der Waals surface area contributed by atoms with E-state index in [1.165, 1.54) is 16.8 Å². The Kier molecular flexibility index (Phi) is 5.20. The van der Waals surface area contributed by atoms with E-state index in [-0.39, 0.29) is 23.5 Å². The van der Waals surface area contributed by atoms with Crippen molar-refractivity contribution in [2.75, 3.05) is 11.4 Å². The number of carbonyl (C=O) groups is 2. The molecule has 1 N–H and O–H groups in total. The van der Waals surface area contributed by atoms with Crippen LogP contribution in [-0.4, -0.2) is 28.1 Å². The van der Waals surface area contributed by atoms with E-state index >= 15 is 0 Å². The number of benzene rings is 2. The number of anilines is 1. The van der Waals surface area contributed by atoms with Crippen LogP contribution in [0.25, 0.3) is 5.69 Å². The summed E-state index contributed by atoms with van der Waals surface area (Å²) in [4.78, 5) is 26.5. The van der Waals surface area contributed by atoms with Gasteiger partial charge in [0.15, 0.2) is 5.82 Å². The Morgan fingerprint density at radius 1 is 1.06 bits per heavy atom. The number of aromatic nitrogens is 2. The quantitative estimate of drug-likeness (QED) is 0.670. The number of hydrogen-bond donors (Lipinski definition) is 1. The van der Waals surface area contributed by atoms with Crippen molar-refractivity contribution in [1.29, 1.82) is 0 Å². The smallest absolute Gasteiger partial charge is 0.251 e. The van der Waals surface area contributed by atoms with Crippen molar-refractivity contribution in [1.82, 2.24) is 15.1 Å². The fourth-order valence-electron chi connectivity index (χ4n) is 4.52. The van der Waals surface area contributed by atoms with Crippen LogP contribution in [0.15, 0.2) is 48.7 Å². The summed E-state index contributed by atoms with van der Waals surface area (Å²) < 4.78 is 29.1. The maximum atomic E-state index is 14.3. The van der Waals surface area contributed by atoms with Crippen LogP contribution in [-0.2, 0) is 11.2 Å². The van der Waals surface area contributed by atoms with Gasteiger partial charge in [-0.1, -0.05) is 0 Å². The van der Waals surface area contributed by atoms with Gasteiger partial charge in [-0.05, 0) is 62.1 Å². The first-order valence-electron chi connectivity index (χ1n) is 10.7. The van der Waals surface area contributed by atoms with E-state index in [1.807, 2.05) is 0 Å². The van der Waals surface area contributed by atoms with E-state index in [0.29, 0.717) is 24.9 Å². The lowest BCUT2D eigenvalue weighted by Gasteiger charge is -2.24. The summed E-state index contributed by atoms with van der Waals surface area (Å²) in [6, 6.07) is 10.2. The Morgan fingerprint density at radius 2 is 1.88 bits per heavy atom. The first kappa shape index (κ1) is 20.4. The first-order valence-corrected chi connectivity index (χ1v) is 10.7. The van der Waals surface area contributed by atoms with Crippen LogP contribution in [0.1, 0.15) is 53.3 Å². The SMILES string of the molecule is O=C(NC1CCCc2c1cnn2-c1ccc(F)cc1F)c1ccc(N2CCCC2=O)cc1. The second kappa shape index (κ2) is 8.18. The molecular weight excluding hydrogens is 414 g/mol. The van der Waals surface area contributed by atoms with Crippen LogP contribution in [0.5, 0.6) is 0 Å². The molecule has 1 saturated heterocycles. The first-order chi connectivity index (χ1) is 15.5. The number of hydrogen-bond acceptors (Lipinski definition) is 3. The average molecular weight is 436 g/mol. The lowest BCUT2D eigenvalue weighted by molar-refractivity contribution is -0.117. The predicted molar refractivity (Wildman–Crippen MR) is 115 cm³/mol. The molecule has 2 heterocycles. The predicted octanol–water partition coefficient (Wildman–Crippen LogP) is 4.08. The average Bonchev–Trinajstić information content (AvgIpc) is 3.41. The molecule has 2 aliphatic rings. The number of halogens is 2. The lowest BCUT2D eigenvalue weighted by Crippen LogP contribution is -2.31. The molecule has 1 aromatic heterocycles. The van der Waals surface area contributed by atoms with Crippen LogP contribution in [0, 0.1) is 11.6 Å². The summed E-state index contributed by atoms with van der Waals surface area (Å²) in [5.41, 5.74) is 3.14. The third-order valence-electron chi connectivity index (χ3n) is 6.14. The number of amides is 2. The summed E-state index contributed by atoms with van der Waals surface area (Å²) in [6.45, 7) is 0.702. The van der Waals surface area contributed by atoms with Crippen molar-refractivity contribution >= 4 is 17.5 Å². The van der Waals surface area contributed by atoms with Gasteiger partial charge in [-0.25, -0.2) is 13.5 Å². The molecule has 1 aliphatic carbocycles. The minimum absolute atomic E-state index is 0.103. The van der Waals surface area contributed by atoms with Gasteiger partial charge in [0, 0.05) is 41.5 Å². The molecule has 0 saturated carbocycles. The van der Waals surface area contributed by atoms with Crippen molar-refractivity contribution in [3.05, 3.63) is 77.1 Å². The summed E-state index contributed by atoms with van der Waals surface area (Å²) >= 11 is 0. The summed E-state index contributed by atoms with van der Waals surface area (Å²) in [7, 11) is 0. The van der Waals surface area contributed by atoms with Crippen molar-refractivity contribution in [2.45, 2.75) is 38.1 Å². The zero-order chi connectivity index (χ0) is 22.2. The van der Waals surface area contributed by atoms with Gasteiger partial charge < -0.3 is 10.2 Å². The molecule has 1 unspecified atom stereocenters. The number of carbonyl (C=O) groups excluding carboxylic acids is 2. The van der Waals surface area contributed by atoms with E-state index < -0.39 is 11.6 Å². The molecule has 5 rings (SSSR count). The van der Waals surface area contributed by atoms with E-state index in [1.54, 1.807) is 35.4 Å². The van der Waals surface area contributed by atoms with Crippen molar-refractivity contribution in [3.63, 3.8) is 0 Å². The molecule has 2 aromatic carbocycles. The molecule has 8 heteroatoms. The monoisotopic (exact) mass is 436 g/mol. The van der Waals surface area contributed by atoms with Gasteiger partial charge in [0.25, 0.3) is 5.91 Å². The van der Waals surface area contributed by atoms with Gasteiger partial charge in [-0.2, -0.15) is 5.10 Å². The maximum absolute atomic E-state index is 14.3. The fraction of sp³-hybridized carbons (Fsp3) is 0.292. The van der Waals surface area contributed by atoms with Crippen molar-refractivity contribution < 1.29 is 18.4 Å². The van der Waals surface area contributed by atoms with Crippen molar-refractivity contribution in [2.24, 2.45) is 0 Å². The Balaban J connectivity index is 1.34. The molecule has 0 bridgehead atoms. The third kappa shape index (κ3) is 3.66. The Labute approximate surface area is 183 Å². The molecule has 1 atom stereocenters. The molecule has 32 heavy (non-hydrogen) atoms. The van der Waals surface area contributed by atoms with E-state index in [2.05, 4.69) is 10.4 Å². The van der Waals surface area contributed by atoms with E-state index in [0.717, 1.165) is 42.3 Å².